The molecular weight excluding hydrogens is 282 g/mol. The van der Waals surface area contributed by atoms with Crippen molar-refractivity contribution in [2.45, 2.75) is 19.8 Å². The fourth-order valence-corrected chi connectivity index (χ4v) is 2.77. The van der Waals surface area contributed by atoms with Gasteiger partial charge in [0.1, 0.15) is 17.0 Å². The number of likely N-dealkylation sites (tertiary alicyclic amines) is 1. The summed E-state index contributed by atoms with van der Waals surface area (Å²) in [5.41, 5.74) is 0.925. The monoisotopic (exact) mass is 299 g/mol. The Hall–Kier alpha value is -2.50. The van der Waals surface area contributed by atoms with Crippen LogP contribution in [0, 0.1) is 12.8 Å². The number of nitrogens with zero attached hydrogens (tertiary/aromatic N) is 3. The van der Waals surface area contributed by atoms with Crippen LogP contribution in [0.15, 0.2) is 35.1 Å². The molecule has 0 bridgehead atoms. The molecule has 2 aromatic rings. The van der Waals surface area contributed by atoms with Crippen molar-refractivity contribution in [3.05, 3.63) is 47.6 Å². The minimum absolute atomic E-state index is 0.000130. The summed E-state index contributed by atoms with van der Waals surface area (Å²) in [5, 5.41) is 3.64. The van der Waals surface area contributed by atoms with Gasteiger partial charge in [-0.15, -0.1) is 0 Å². The largest absolute Gasteiger partial charge is 0.361 e. The Bertz CT molecular complexity index is 681. The van der Waals surface area contributed by atoms with Gasteiger partial charge in [0, 0.05) is 25.2 Å². The van der Waals surface area contributed by atoms with Gasteiger partial charge in [-0.25, -0.2) is 0 Å². The van der Waals surface area contributed by atoms with Crippen molar-refractivity contribution in [1.82, 2.24) is 15.0 Å². The number of hydrogen-bond acceptors (Lipinski definition) is 5. The van der Waals surface area contributed by atoms with Crippen LogP contribution in [-0.4, -0.2) is 39.8 Å². The summed E-state index contributed by atoms with van der Waals surface area (Å²) < 4.78 is 4.95. The highest BCUT2D eigenvalue weighted by atomic mass is 16.5. The fourth-order valence-electron chi connectivity index (χ4n) is 2.77. The van der Waals surface area contributed by atoms with E-state index in [1.54, 1.807) is 36.2 Å². The third-order valence-corrected chi connectivity index (χ3v) is 3.98. The molecule has 0 radical (unpaired) electrons. The van der Waals surface area contributed by atoms with E-state index in [2.05, 4.69) is 10.1 Å². The van der Waals surface area contributed by atoms with Crippen LogP contribution >= 0.6 is 0 Å². The summed E-state index contributed by atoms with van der Waals surface area (Å²) in [6, 6.07) is 5.29. The van der Waals surface area contributed by atoms with Gasteiger partial charge >= 0.3 is 0 Å². The molecule has 1 amide bonds. The maximum Gasteiger partial charge on any atom is 0.259 e. The summed E-state index contributed by atoms with van der Waals surface area (Å²) in [4.78, 5) is 30.8. The molecule has 0 aromatic carbocycles. The minimum atomic E-state index is -0.201. The average molecular weight is 299 g/mol. The zero-order chi connectivity index (χ0) is 15.5. The number of Topliss-reactive ketones (excluding diaryl/α,β-unsaturated/α-hetero) is 1. The summed E-state index contributed by atoms with van der Waals surface area (Å²) in [7, 11) is 0. The molecule has 2 aromatic heterocycles. The lowest BCUT2D eigenvalue weighted by atomic mass is 9.91. The number of pyridine rings is 1. The maximum absolute atomic E-state index is 12.5. The highest BCUT2D eigenvalue weighted by Crippen LogP contribution is 2.22. The lowest BCUT2D eigenvalue weighted by Gasteiger charge is -2.31. The molecule has 1 aliphatic rings. The summed E-state index contributed by atoms with van der Waals surface area (Å²) in [5.74, 6) is 0.174. The molecule has 0 aliphatic carbocycles. The second-order valence-electron chi connectivity index (χ2n) is 5.47. The van der Waals surface area contributed by atoms with Crippen LogP contribution in [0.1, 0.15) is 39.4 Å². The van der Waals surface area contributed by atoms with E-state index < -0.39 is 0 Å². The molecule has 0 unspecified atom stereocenters. The van der Waals surface area contributed by atoms with Crippen LogP contribution in [0.2, 0.25) is 0 Å². The molecule has 0 N–H and O–H groups in total. The Morgan fingerprint density at radius 2 is 2.23 bits per heavy atom. The van der Waals surface area contributed by atoms with Gasteiger partial charge in [-0.2, -0.15) is 0 Å². The molecule has 6 nitrogen and oxygen atoms in total. The van der Waals surface area contributed by atoms with E-state index in [1.165, 1.54) is 6.20 Å². The lowest BCUT2D eigenvalue weighted by molar-refractivity contribution is 0.0634. The quantitative estimate of drug-likeness (QED) is 0.811. The Morgan fingerprint density at radius 1 is 1.36 bits per heavy atom. The number of ketones is 1. The van der Waals surface area contributed by atoms with E-state index >= 15 is 0 Å². The number of carbonyl (C=O) groups is 2. The molecule has 6 heteroatoms. The van der Waals surface area contributed by atoms with E-state index in [0.717, 1.165) is 12.8 Å². The number of hydrogen-bond donors (Lipinski definition) is 0. The molecule has 3 rings (SSSR count). The van der Waals surface area contributed by atoms with Crippen LogP contribution in [0.4, 0.5) is 0 Å². The van der Waals surface area contributed by atoms with E-state index in [9.17, 15) is 9.59 Å². The van der Waals surface area contributed by atoms with E-state index in [1.807, 2.05) is 0 Å². The third kappa shape index (κ3) is 2.77. The Labute approximate surface area is 128 Å². The predicted octanol–water partition coefficient (Wildman–Crippen LogP) is 2.11. The minimum Gasteiger partial charge on any atom is -0.361 e. The van der Waals surface area contributed by atoms with Crippen molar-refractivity contribution < 1.29 is 14.1 Å². The molecule has 22 heavy (non-hydrogen) atoms. The van der Waals surface area contributed by atoms with Gasteiger partial charge in [0.25, 0.3) is 5.91 Å². The summed E-state index contributed by atoms with van der Waals surface area (Å²) in [6.45, 7) is 2.77. The molecule has 1 saturated heterocycles. The number of aryl methyl sites for hydroxylation is 1. The van der Waals surface area contributed by atoms with E-state index in [-0.39, 0.29) is 17.6 Å². The molecule has 0 spiro atoms. The van der Waals surface area contributed by atoms with Crippen molar-refractivity contribution in [2.24, 2.45) is 5.92 Å². The number of aromatic nitrogens is 2. The first-order valence-electron chi connectivity index (χ1n) is 7.32. The molecule has 1 aliphatic heterocycles. The molecule has 3 heterocycles. The van der Waals surface area contributed by atoms with Gasteiger partial charge in [-0.05, 0) is 31.9 Å². The van der Waals surface area contributed by atoms with Gasteiger partial charge in [-0.3, -0.25) is 14.6 Å². The van der Waals surface area contributed by atoms with Gasteiger partial charge in [-0.1, -0.05) is 11.2 Å². The summed E-state index contributed by atoms with van der Waals surface area (Å²) >= 11 is 0. The highest BCUT2D eigenvalue weighted by Gasteiger charge is 2.31. The van der Waals surface area contributed by atoms with Gasteiger partial charge in [0.05, 0.1) is 6.20 Å². The third-order valence-electron chi connectivity index (χ3n) is 3.98. The van der Waals surface area contributed by atoms with Crippen molar-refractivity contribution in [3.63, 3.8) is 0 Å². The lowest BCUT2D eigenvalue weighted by Crippen LogP contribution is -2.42. The van der Waals surface area contributed by atoms with Gasteiger partial charge in [0.2, 0.25) is 0 Å². The van der Waals surface area contributed by atoms with Crippen molar-refractivity contribution in [2.75, 3.05) is 13.1 Å². The second-order valence-corrected chi connectivity index (χ2v) is 5.47. The normalized spacial score (nSPS) is 18.2. The van der Waals surface area contributed by atoms with Crippen molar-refractivity contribution in [1.29, 1.82) is 0 Å². The zero-order valence-electron chi connectivity index (χ0n) is 12.4. The SMILES string of the molecule is Cc1oncc1C(=O)N1CCC[C@@H](C(=O)c2ccccn2)C1. The predicted molar refractivity (Wildman–Crippen MR) is 78.4 cm³/mol. The van der Waals surface area contributed by atoms with Crippen LogP contribution in [-0.2, 0) is 0 Å². The highest BCUT2D eigenvalue weighted by molar-refractivity contribution is 5.98. The molecule has 114 valence electrons. The summed E-state index contributed by atoms with van der Waals surface area (Å²) in [6.07, 6.45) is 4.63. The first-order valence-corrected chi connectivity index (χ1v) is 7.32. The van der Waals surface area contributed by atoms with E-state index in [4.69, 9.17) is 4.52 Å². The average Bonchev–Trinajstić information content (AvgIpc) is 3.00. The number of rotatable bonds is 3. The van der Waals surface area contributed by atoms with E-state index in [0.29, 0.717) is 30.1 Å². The topological polar surface area (TPSA) is 76.3 Å². The standard InChI is InChI=1S/C16H17N3O3/c1-11-13(9-18-22-11)16(21)19-8-4-5-12(10-19)15(20)14-6-2-3-7-17-14/h2-3,6-7,9,12H,4-5,8,10H2,1H3/t12-/m1/s1. The Kier molecular flexibility index (Phi) is 4.00. The Morgan fingerprint density at radius 3 is 2.91 bits per heavy atom. The first-order chi connectivity index (χ1) is 10.7. The Balaban J connectivity index is 1.73. The molecule has 1 atom stereocenters. The van der Waals surface area contributed by atoms with Crippen molar-refractivity contribution >= 4 is 11.7 Å². The molecule has 0 saturated carbocycles. The smallest absolute Gasteiger partial charge is 0.259 e. The van der Waals surface area contributed by atoms with Crippen LogP contribution in [0.5, 0.6) is 0 Å². The molecule has 1 fully saturated rings. The van der Waals surface area contributed by atoms with Crippen LogP contribution in [0.25, 0.3) is 0 Å². The van der Waals surface area contributed by atoms with Crippen molar-refractivity contribution in [3.8, 4) is 0 Å². The molecular formula is C16H17N3O3. The van der Waals surface area contributed by atoms with Crippen LogP contribution in [0.3, 0.4) is 0 Å². The zero-order valence-corrected chi connectivity index (χ0v) is 12.4. The first kappa shape index (κ1) is 14.4. The fraction of sp³-hybridized carbons (Fsp3) is 0.375. The second kappa shape index (κ2) is 6.09. The maximum atomic E-state index is 12.5. The number of piperidine rings is 1. The van der Waals surface area contributed by atoms with Gasteiger partial charge < -0.3 is 9.42 Å². The van der Waals surface area contributed by atoms with Crippen LogP contribution < -0.4 is 0 Å². The number of carbonyl (C=O) groups excluding carboxylic acids is 2. The number of amides is 1. The van der Waals surface area contributed by atoms with Gasteiger partial charge in [0.15, 0.2) is 5.78 Å².